The summed E-state index contributed by atoms with van der Waals surface area (Å²) in [5.74, 6) is 0. The summed E-state index contributed by atoms with van der Waals surface area (Å²) in [6, 6.07) is 0. The Labute approximate surface area is 85.7 Å². The fourth-order valence-corrected chi connectivity index (χ4v) is 0.992. The number of rotatable bonds is 9. The van der Waals surface area contributed by atoms with Crippen LogP contribution in [0.3, 0.4) is 0 Å². The molecule has 0 amide bonds. The van der Waals surface area contributed by atoms with Crippen molar-refractivity contribution in [3.8, 4) is 0 Å². The van der Waals surface area contributed by atoms with Crippen molar-refractivity contribution in [3.05, 3.63) is 24.3 Å². The van der Waals surface area contributed by atoms with Crippen LogP contribution >= 0.6 is 0 Å². The molecule has 0 heterocycles. The summed E-state index contributed by atoms with van der Waals surface area (Å²) in [6.45, 7) is 0. The molecule has 0 aromatic rings. The van der Waals surface area contributed by atoms with Gasteiger partial charge < -0.3 is 9.59 Å². The lowest BCUT2D eigenvalue weighted by Gasteiger charge is -1.87. The molecule has 0 bridgehead atoms. The molecular formula is C12H18O2. The van der Waals surface area contributed by atoms with Gasteiger partial charge in [0.05, 0.1) is 0 Å². The van der Waals surface area contributed by atoms with E-state index in [0.717, 1.165) is 38.3 Å². The first kappa shape index (κ1) is 12.8. The minimum Gasteiger partial charge on any atom is -0.303 e. The van der Waals surface area contributed by atoms with E-state index in [-0.39, 0.29) is 0 Å². The summed E-state index contributed by atoms with van der Waals surface area (Å²) in [7, 11) is 0. The van der Waals surface area contributed by atoms with Crippen LogP contribution < -0.4 is 0 Å². The zero-order chi connectivity index (χ0) is 10.5. The van der Waals surface area contributed by atoms with Crippen molar-refractivity contribution in [1.29, 1.82) is 0 Å². The van der Waals surface area contributed by atoms with Crippen molar-refractivity contribution in [2.45, 2.75) is 38.5 Å². The molecule has 0 aliphatic heterocycles. The summed E-state index contributed by atoms with van der Waals surface area (Å²) in [4.78, 5) is 19.9. The fraction of sp³-hybridized carbons (Fsp3) is 0.500. The Kier molecular flexibility index (Phi) is 10.8. The lowest BCUT2D eigenvalue weighted by Crippen LogP contribution is -1.72. The molecule has 0 saturated heterocycles. The van der Waals surface area contributed by atoms with Gasteiger partial charge in [-0.2, -0.15) is 0 Å². The van der Waals surface area contributed by atoms with Gasteiger partial charge in [0.25, 0.3) is 0 Å². The van der Waals surface area contributed by atoms with Crippen LogP contribution in [-0.2, 0) is 9.59 Å². The summed E-state index contributed by atoms with van der Waals surface area (Å²) in [6.07, 6.45) is 15.1. The van der Waals surface area contributed by atoms with Gasteiger partial charge in [0, 0.05) is 12.8 Å². The van der Waals surface area contributed by atoms with Gasteiger partial charge in [-0.3, -0.25) is 0 Å². The van der Waals surface area contributed by atoms with Gasteiger partial charge in [0.2, 0.25) is 0 Å². The Bertz CT molecular complexity index is 170. The van der Waals surface area contributed by atoms with E-state index >= 15 is 0 Å². The third-order valence-electron chi connectivity index (χ3n) is 1.74. The minimum absolute atomic E-state index is 0.617. The molecule has 2 heteroatoms. The second-order valence-corrected chi connectivity index (χ2v) is 3.01. The van der Waals surface area contributed by atoms with E-state index in [9.17, 15) is 9.59 Å². The maximum atomic E-state index is 9.97. The van der Waals surface area contributed by atoms with Crippen LogP contribution in [-0.4, -0.2) is 12.6 Å². The normalized spacial score (nSPS) is 11.1. The fourth-order valence-electron chi connectivity index (χ4n) is 0.992. The number of unbranched alkanes of at least 4 members (excludes halogenated alkanes) is 3. The second-order valence-electron chi connectivity index (χ2n) is 3.01. The van der Waals surface area contributed by atoms with Gasteiger partial charge in [-0.1, -0.05) is 24.3 Å². The zero-order valence-corrected chi connectivity index (χ0v) is 8.52. The van der Waals surface area contributed by atoms with Gasteiger partial charge in [-0.15, -0.1) is 0 Å². The topological polar surface area (TPSA) is 34.1 Å². The molecule has 0 fully saturated rings. The Morgan fingerprint density at radius 2 is 0.786 bits per heavy atom. The van der Waals surface area contributed by atoms with E-state index in [1.54, 1.807) is 0 Å². The quantitative estimate of drug-likeness (QED) is 0.321. The van der Waals surface area contributed by atoms with Crippen molar-refractivity contribution < 1.29 is 9.59 Å². The van der Waals surface area contributed by atoms with Crippen molar-refractivity contribution in [1.82, 2.24) is 0 Å². The molecule has 78 valence electrons. The average Bonchev–Trinajstić information content (AvgIpc) is 2.21. The molecule has 0 aliphatic rings. The molecule has 0 aromatic carbocycles. The Morgan fingerprint density at radius 1 is 0.500 bits per heavy atom. The lowest BCUT2D eigenvalue weighted by atomic mass is 10.2. The Balaban J connectivity index is 3.18. The average molecular weight is 194 g/mol. The number of allylic oxidation sites excluding steroid dienone is 4. The second kappa shape index (κ2) is 11.8. The van der Waals surface area contributed by atoms with E-state index < -0.39 is 0 Å². The van der Waals surface area contributed by atoms with Crippen LogP contribution in [0.25, 0.3) is 0 Å². The monoisotopic (exact) mass is 194 g/mol. The molecule has 0 radical (unpaired) electrons. The van der Waals surface area contributed by atoms with Crippen LogP contribution in [0.2, 0.25) is 0 Å². The maximum absolute atomic E-state index is 9.97. The highest BCUT2D eigenvalue weighted by Crippen LogP contribution is 1.97. The molecule has 0 spiro atoms. The van der Waals surface area contributed by atoms with E-state index in [1.165, 1.54) is 0 Å². The first-order chi connectivity index (χ1) is 6.91. The smallest absolute Gasteiger partial charge is 0.120 e. The molecule has 0 saturated carbocycles. The van der Waals surface area contributed by atoms with Crippen LogP contribution in [0.5, 0.6) is 0 Å². The van der Waals surface area contributed by atoms with Gasteiger partial charge in [0.15, 0.2) is 0 Å². The largest absolute Gasteiger partial charge is 0.303 e. The molecule has 0 N–H and O–H groups in total. The predicted octanol–water partition coefficient (Wildman–Crippen LogP) is 2.84. The number of hydrogen-bond donors (Lipinski definition) is 0. The third-order valence-corrected chi connectivity index (χ3v) is 1.74. The molecule has 0 rings (SSSR count). The SMILES string of the molecule is O=CCC/C=C/CC/C=C/CCC=O. The molecular weight excluding hydrogens is 176 g/mol. The highest BCUT2D eigenvalue weighted by Gasteiger charge is 1.80. The predicted molar refractivity (Wildman–Crippen MR) is 58.1 cm³/mol. The molecule has 2 nitrogen and oxygen atoms in total. The highest BCUT2D eigenvalue weighted by molar-refractivity contribution is 5.49. The number of carbonyl (C=O) groups excluding carboxylic acids is 2. The van der Waals surface area contributed by atoms with Gasteiger partial charge >= 0.3 is 0 Å². The van der Waals surface area contributed by atoms with Gasteiger partial charge in [-0.25, -0.2) is 0 Å². The lowest BCUT2D eigenvalue weighted by molar-refractivity contribution is -0.108. The van der Waals surface area contributed by atoms with Crippen LogP contribution in [0.1, 0.15) is 38.5 Å². The first-order valence-electron chi connectivity index (χ1n) is 5.09. The van der Waals surface area contributed by atoms with Gasteiger partial charge in [0.1, 0.15) is 12.6 Å². The van der Waals surface area contributed by atoms with E-state index in [1.807, 2.05) is 12.2 Å². The standard InChI is InChI=1S/C12H18O2/c13-11-9-7-5-3-1-2-4-6-8-10-12-14/h3-6,11-12H,1-2,7-10H2/b5-3+,6-4+. The van der Waals surface area contributed by atoms with Crippen molar-refractivity contribution in [3.63, 3.8) is 0 Å². The van der Waals surface area contributed by atoms with Crippen LogP contribution in [0.15, 0.2) is 24.3 Å². The summed E-state index contributed by atoms with van der Waals surface area (Å²) in [5.41, 5.74) is 0. The molecule has 14 heavy (non-hydrogen) atoms. The maximum Gasteiger partial charge on any atom is 0.120 e. The summed E-state index contributed by atoms with van der Waals surface area (Å²) < 4.78 is 0. The molecule has 0 unspecified atom stereocenters. The number of carbonyl (C=O) groups is 2. The minimum atomic E-state index is 0.617. The Morgan fingerprint density at radius 3 is 1.07 bits per heavy atom. The van der Waals surface area contributed by atoms with Crippen molar-refractivity contribution in [2.24, 2.45) is 0 Å². The van der Waals surface area contributed by atoms with E-state index in [2.05, 4.69) is 12.2 Å². The molecule has 0 aromatic heterocycles. The zero-order valence-electron chi connectivity index (χ0n) is 8.52. The van der Waals surface area contributed by atoms with Crippen LogP contribution in [0.4, 0.5) is 0 Å². The third kappa shape index (κ3) is 10.8. The van der Waals surface area contributed by atoms with E-state index in [0.29, 0.717) is 12.8 Å². The molecule has 0 atom stereocenters. The summed E-state index contributed by atoms with van der Waals surface area (Å²) in [5, 5.41) is 0. The van der Waals surface area contributed by atoms with E-state index in [4.69, 9.17) is 0 Å². The Hall–Kier alpha value is -1.18. The highest BCUT2D eigenvalue weighted by atomic mass is 16.1. The molecule has 0 aliphatic carbocycles. The summed E-state index contributed by atoms with van der Waals surface area (Å²) >= 11 is 0. The van der Waals surface area contributed by atoms with Crippen molar-refractivity contribution in [2.75, 3.05) is 0 Å². The van der Waals surface area contributed by atoms with Gasteiger partial charge in [-0.05, 0) is 25.7 Å². The van der Waals surface area contributed by atoms with Crippen LogP contribution in [0, 0.1) is 0 Å². The number of hydrogen-bond acceptors (Lipinski definition) is 2. The number of aldehydes is 2. The van der Waals surface area contributed by atoms with Crippen molar-refractivity contribution >= 4 is 12.6 Å². The first-order valence-corrected chi connectivity index (χ1v) is 5.09.